The molecule has 0 radical (unpaired) electrons. The van der Waals surface area contributed by atoms with E-state index in [2.05, 4.69) is 36.2 Å². The Balaban J connectivity index is 1.34. The third kappa shape index (κ3) is 6.17. The molecule has 4 aromatic rings. The van der Waals surface area contributed by atoms with Gasteiger partial charge in [0.2, 0.25) is 0 Å². The molecule has 4 N–H and O–H groups in total. The van der Waals surface area contributed by atoms with Crippen molar-refractivity contribution in [2.45, 2.75) is 6.92 Å². The number of aryl methyl sites for hydroxylation is 1. The molecular weight excluding hydrogens is 418 g/mol. The van der Waals surface area contributed by atoms with Crippen LogP contribution in [0, 0.1) is 6.92 Å². The fraction of sp³-hybridized carbons (Fsp3) is 0.0833. The minimum absolute atomic E-state index is 0.336. The van der Waals surface area contributed by atoms with E-state index >= 15 is 0 Å². The van der Waals surface area contributed by atoms with E-state index in [1.807, 2.05) is 31.2 Å². The molecule has 2 amide bonds. The Morgan fingerprint density at radius 3 is 1.94 bits per heavy atom. The molecular formula is C24H23N7O2. The zero-order valence-corrected chi connectivity index (χ0v) is 18.2. The van der Waals surface area contributed by atoms with Crippen molar-refractivity contribution in [2.24, 2.45) is 0 Å². The lowest BCUT2D eigenvalue weighted by Crippen LogP contribution is -2.19. The molecule has 0 unspecified atom stereocenters. The number of amides is 2. The molecule has 2 aromatic heterocycles. The van der Waals surface area contributed by atoms with Crippen LogP contribution in [-0.4, -0.2) is 28.1 Å². The molecule has 2 heterocycles. The van der Waals surface area contributed by atoms with Gasteiger partial charge in [-0.25, -0.2) is 19.7 Å². The van der Waals surface area contributed by atoms with Gasteiger partial charge in [0.25, 0.3) is 0 Å². The van der Waals surface area contributed by atoms with Crippen molar-refractivity contribution in [3.63, 3.8) is 0 Å². The van der Waals surface area contributed by atoms with Crippen molar-refractivity contribution in [2.75, 3.05) is 28.4 Å². The van der Waals surface area contributed by atoms with Crippen LogP contribution in [0.5, 0.6) is 5.75 Å². The summed E-state index contributed by atoms with van der Waals surface area (Å²) in [7, 11) is 1.59. The number of nitrogens with one attached hydrogen (secondary N) is 4. The SMILES string of the molecule is COc1ccc(NC(=O)Nc2ccc(Nc3cc(Nc4cc(C)ccn4)ncn3)cc2)cc1. The largest absolute Gasteiger partial charge is 0.497 e. The maximum Gasteiger partial charge on any atom is 0.323 e. The van der Waals surface area contributed by atoms with Gasteiger partial charge < -0.3 is 26.0 Å². The van der Waals surface area contributed by atoms with Gasteiger partial charge in [-0.3, -0.25) is 0 Å². The summed E-state index contributed by atoms with van der Waals surface area (Å²) in [5.41, 5.74) is 3.24. The molecule has 0 bridgehead atoms. The number of hydrogen-bond acceptors (Lipinski definition) is 7. The molecule has 0 saturated carbocycles. The Kier molecular flexibility index (Phi) is 6.60. The average Bonchev–Trinajstić information content (AvgIpc) is 2.81. The highest BCUT2D eigenvalue weighted by Gasteiger charge is 2.05. The molecule has 9 nitrogen and oxygen atoms in total. The molecule has 33 heavy (non-hydrogen) atoms. The number of pyridine rings is 1. The Labute approximate surface area is 191 Å². The summed E-state index contributed by atoms with van der Waals surface area (Å²) >= 11 is 0. The highest BCUT2D eigenvalue weighted by molar-refractivity contribution is 5.99. The molecule has 0 aliphatic rings. The van der Waals surface area contributed by atoms with Crippen LogP contribution in [0.15, 0.2) is 79.3 Å². The number of aromatic nitrogens is 3. The predicted molar refractivity (Wildman–Crippen MR) is 130 cm³/mol. The number of benzene rings is 2. The average molecular weight is 441 g/mol. The van der Waals surface area contributed by atoms with Crippen LogP contribution in [0.25, 0.3) is 0 Å². The molecule has 0 aliphatic carbocycles. The van der Waals surface area contributed by atoms with Gasteiger partial charge in [0.15, 0.2) is 0 Å². The van der Waals surface area contributed by atoms with E-state index in [9.17, 15) is 4.79 Å². The molecule has 4 rings (SSSR count). The van der Waals surface area contributed by atoms with Crippen LogP contribution < -0.4 is 26.0 Å². The van der Waals surface area contributed by atoms with Crippen LogP contribution in [0.3, 0.4) is 0 Å². The molecule has 0 saturated heterocycles. The molecule has 9 heteroatoms. The number of nitrogens with zero attached hydrogens (tertiary/aromatic N) is 3. The molecule has 0 aliphatic heterocycles. The van der Waals surface area contributed by atoms with E-state index in [1.54, 1.807) is 55.8 Å². The number of hydrogen-bond donors (Lipinski definition) is 4. The second kappa shape index (κ2) is 10.1. The summed E-state index contributed by atoms with van der Waals surface area (Å²) in [6, 6.07) is 19.7. The molecule has 166 valence electrons. The van der Waals surface area contributed by atoms with E-state index in [1.165, 1.54) is 6.33 Å². The second-order valence-electron chi connectivity index (χ2n) is 7.14. The summed E-state index contributed by atoms with van der Waals surface area (Å²) < 4.78 is 5.11. The second-order valence-corrected chi connectivity index (χ2v) is 7.14. The Hall–Kier alpha value is -4.66. The number of anilines is 6. The number of urea groups is 1. The number of carbonyl (C=O) groups excluding carboxylic acids is 1. The number of carbonyl (C=O) groups is 1. The lowest BCUT2D eigenvalue weighted by Gasteiger charge is -2.10. The minimum atomic E-state index is -0.336. The van der Waals surface area contributed by atoms with Gasteiger partial charge in [0.1, 0.15) is 29.5 Å². The topological polar surface area (TPSA) is 113 Å². The van der Waals surface area contributed by atoms with Crippen molar-refractivity contribution in [1.29, 1.82) is 0 Å². The van der Waals surface area contributed by atoms with Crippen LogP contribution in [0.1, 0.15) is 5.56 Å². The summed E-state index contributed by atoms with van der Waals surface area (Å²) in [5, 5.41) is 12.0. The minimum Gasteiger partial charge on any atom is -0.497 e. The van der Waals surface area contributed by atoms with Crippen molar-refractivity contribution >= 4 is 40.5 Å². The van der Waals surface area contributed by atoms with Crippen molar-refractivity contribution in [3.05, 3.63) is 84.8 Å². The Bertz CT molecular complexity index is 1230. The molecule has 0 atom stereocenters. The standard InChI is InChI=1S/C24H23N7O2/c1-16-11-12-25-21(13-16)31-23-14-22(26-15-27-23)28-17-3-5-18(6-4-17)29-24(32)30-19-7-9-20(33-2)10-8-19/h3-15H,1-2H3,(H2,29,30,32)(H2,25,26,27,28,31). The van der Waals surface area contributed by atoms with Crippen LogP contribution in [0.2, 0.25) is 0 Å². The van der Waals surface area contributed by atoms with E-state index in [4.69, 9.17) is 4.74 Å². The summed E-state index contributed by atoms with van der Waals surface area (Å²) in [6.45, 7) is 2.00. The third-order valence-corrected chi connectivity index (χ3v) is 4.60. The van der Waals surface area contributed by atoms with Gasteiger partial charge in [0.05, 0.1) is 7.11 Å². The Morgan fingerprint density at radius 1 is 0.727 bits per heavy atom. The predicted octanol–water partition coefficient (Wildman–Crippen LogP) is 5.32. The quantitative estimate of drug-likeness (QED) is 0.307. The van der Waals surface area contributed by atoms with Gasteiger partial charge >= 0.3 is 6.03 Å². The normalized spacial score (nSPS) is 10.2. The lowest BCUT2D eigenvalue weighted by atomic mass is 10.2. The highest BCUT2D eigenvalue weighted by Crippen LogP contribution is 2.21. The fourth-order valence-corrected chi connectivity index (χ4v) is 2.98. The van der Waals surface area contributed by atoms with Gasteiger partial charge in [0, 0.05) is 29.3 Å². The first kappa shape index (κ1) is 21.6. The first-order chi connectivity index (χ1) is 16.1. The summed E-state index contributed by atoms with van der Waals surface area (Å²) in [5.74, 6) is 2.68. The highest BCUT2D eigenvalue weighted by atomic mass is 16.5. The van der Waals surface area contributed by atoms with Gasteiger partial charge in [-0.2, -0.15) is 0 Å². The maximum atomic E-state index is 12.2. The van der Waals surface area contributed by atoms with E-state index in [-0.39, 0.29) is 6.03 Å². The van der Waals surface area contributed by atoms with Crippen molar-refractivity contribution < 1.29 is 9.53 Å². The molecule has 0 spiro atoms. The zero-order valence-electron chi connectivity index (χ0n) is 18.2. The monoisotopic (exact) mass is 441 g/mol. The van der Waals surface area contributed by atoms with Crippen LogP contribution >= 0.6 is 0 Å². The van der Waals surface area contributed by atoms with Crippen LogP contribution in [-0.2, 0) is 0 Å². The van der Waals surface area contributed by atoms with E-state index < -0.39 is 0 Å². The summed E-state index contributed by atoms with van der Waals surface area (Å²) in [6.07, 6.45) is 3.21. The maximum absolute atomic E-state index is 12.2. The molecule has 2 aromatic carbocycles. The first-order valence-corrected chi connectivity index (χ1v) is 10.2. The molecule has 0 fully saturated rings. The lowest BCUT2D eigenvalue weighted by molar-refractivity contribution is 0.262. The van der Waals surface area contributed by atoms with Crippen LogP contribution in [0.4, 0.5) is 39.3 Å². The van der Waals surface area contributed by atoms with E-state index in [0.29, 0.717) is 28.8 Å². The number of rotatable bonds is 7. The van der Waals surface area contributed by atoms with Gasteiger partial charge in [-0.1, -0.05) is 0 Å². The van der Waals surface area contributed by atoms with E-state index in [0.717, 1.165) is 17.0 Å². The van der Waals surface area contributed by atoms with Gasteiger partial charge in [-0.05, 0) is 73.2 Å². The smallest absolute Gasteiger partial charge is 0.323 e. The zero-order chi connectivity index (χ0) is 23.0. The van der Waals surface area contributed by atoms with Gasteiger partial charge in [-0.15, -0.1) is 0 Å². The fourth-order valence-electron chi connectivity index (χ4n) is 2.98. The third-order valence-electron chi connectivity index (χ3n) is 4.60. The first-order valence-electron chi connectivity index (χ1n) is 10.2. The number of ether oxygens (including phenoxy) is 1. The summed E-state index contributed by atoms with van der Waals surface area (Å²) in [4.78, 5) is 25.0. The number of methoxy groups -OCH3 is 1. The Morgan fingerprint density at radius 2 is 1.30 bits per heavy atom. The van der Waals surface area contributed by atoms with Crippen molar-refractivity contribution in [1.82, 2.24) is 15.0 Å². The van der Waals surface area contributed by atoms with Crippen molar-refractivity contribution in [3.8, 4) is 5.75 Å².